The van der Waals surface area contributed by atoms with Crippen molar-refractivity contribution in [1.29, 1.82) is 0 Å². The summed E-state index contributed by atoms with van der Waals surface area (Å²) in [6, 6.07) is 4.19. The first-order valence-electron chi connectivity index (χ1n) is 9.68. The molecule has 1 aromatic carbocycles. The highest BCUT2D eigenvalue weighted by Gasteiger charge is 2.36. The maximum Gasteiger partial charge on any atom is 0.328 e. The lowest BCUT2D eigenvalue weighted by molar-refractivity contribution is -0.142. The summed E-state index contributed by atoms with van der Waals surface area (Å²) in [6.07, 6.45) is 4.74. The highest BCUT2D eigenvalue weighted by molar-refractivity contribution is 7.98. The molecule has 2 aromatic rings. The number of hydrogen-bond donors (Lipinski definition) is 2. The van der Waals surface area contributed by atoms with E-state index in [0.717, 1.165) is 22.7 Å². The Kier molecular flexibility index (Phi) is 6.03. The first kappa shape index (κ1) is 20.4. The molecule has 2 amide bonds. The molecule has 9 nitrogen and oxygen atoms in total. The summed E-state index contributed by atoms with van der Waals surface area (Å²) in [6.45, 7) is 0.661. The van der Waals surface area contributed by atoms with E-state index in [1.54, 1.807) is 23.0 Å². The van der Waals surface area contributed by atoms with Gasteiger partial charge in [-0.2, -0.15) is 11.8 Å². The van der Waals surface area contributed by atoms with Crippen LogP contribution >= 0.6 is 11.8 Å². The fraction of sp³-hybridized carbons (Fsp3) is 0.450. The minimum atomic E-state index is -0.701. The number of esters is 1. The van der Waals surface area contributed by atoms with Crippen LogP contribution in [0.3, 0.4) is 0 Å². The van der Waals surface area contributed by atoms with Crippen LogP contribution in [0, 0.1) is 0 Å². The van der Waals surface area contributed by atoms with Gasteiger partial charge in [0.05, 0.1) is 19.1 Å². The molecule has 0 fully saturated rings. The molecule has 1 unspecified atom stereocenters. The number of H-pyrrole nitrogens is 1. The van der Waals surface area contributed by atoms with Crippen LogP contribution in [0.15, 0.2) is 24.5 Å². The summed E-state index contributed by atoms with van der Waals surface area (Å²) >= 11 is 1.61. The fourth-order valence-corrected chi connectivity index (χ4v) is 4.25. The Bertz CT molecular complexity index is 934. The van der Waals surface area contributed by atoms with Gasteiger partial charge in [-0.1, -0.05) is 6.07 Å². The SMILES string of the molecule is COC(=O)[C@H](CCSC)NC(=O)N1CCc2[nH]cnc2C1c1ccc2c(c1)OCO2. The number of amides is 2. The van der Waals surface area contributed by atoms with Crippen molar-refractivity contribution in [3.8, 4) is 11.5 Å². The van der Waals surface area contributed by atoms with Crippen molar-refractivity contribution in [2.75, 3.05) is 32.5 Å². The Morgan fingerprint density at radius 2 is 2.23 bits per heavy atom. The summed E-state index contributed by atoms with van der Waals surface area (Å²) in [5.41, 5.74) is 2.64. The molecule has 2 aliphatic rings. The van der Waals surface area contributed by atoms with Gasteiger partial charge in [0.15, 0.2) is 11.5 Å². The zero-order chi connectivity index (χ0) is 21.1. The van der Waals surface area contributed by atoms with Gasteiger partial charge in [-0.15, -0.1) is 0 Å². The van der Waals surface area contributed by atoms with E-state index in [1.165, 1.54) is 7.11 Å². The Balaban J connectivity index is 1.62. The van der Waals surface area contributed by atoms with E-state index in [0.29, 0.717) is 30.9 Å². The molecule has 2 aliphatic heterocycles. The summed E-state index contributed by atoms with van der Waals surface area (Å²) in [4.78, 5) is 34.8. The van der Waals surface area contributed by atoms with Gasteiger partial charge in [0, 0.05) is 18.7 Å². The van der Waals surface area contributed by atoms with Crippen molar-refractivity contribution in [2.24, 2.45) is 0 Å². The number of aromatic amines is 1. The minimum Gasteiger partial charge on any atom is -0.467 e. The predicted octanol–water partition coefficient (Wildman–Crippen LogP) is 2.09. The predicted molar refractivity (Wildman–Crippen MR) is 111 cm³/mol. The van der Waals surface area contributed by atoms with Crippen LogP contribution < -0.4 is 14.8 Å². The number of thioether (sulfide) groups is 1. The topological polar surface area (TPSA) is 106 Å². The monoisotopic (exact) mass is 432 g/mol. The lowest BCUT2D eigenvalue weighted by Crippen LogP contribution is -2.51. The number of rotatable bonds is 6. The molecule has 0 radical (unpaired) electrons. The van der Waals surface area contributed by atoms with E-state index in [-0.39, 0.29) is 12.8 Å². The molecule has 3 heterocycles. The molecule has 30 heavy (non-hydrogen) atoms. The minimum absolute atomic E-state index is 0.178. The molecule has 10 heteroatoms. The van der Waals surface area contributed by atoms with Crippen LogP contribution in [0.25, 0.3) is 0 Å². The van der Waals surface area contributed by atoms with E-state index in [1.807, 2.05) is 24.5 Å². The highest BCUT2D eigenvalue weighted by Crippen LogP contribution is 2.39. The number of nitrogens with zero attached hydrogens (tertiary/aromatic N) is 2. The zero-order valence-corrected chi connectivity index (χ0v) is 17.7. The number of fused-ring (bicyclic) bond motifs is 2. The molecule has 0 bridgehead atoms. The summed E-state index contributed by atoms with van der Waals surface area (Å²) in [5, 5.41) is 2.85. The lowest BCUT2D eigenvalue weighted by Gasteiger charge is -2.36. The Morgan fingerprint density at radius 1 is 1.40 bits per heavy atom. The van der Waals surface area contributed by atoms with Crippen molar-refractivity contribution in [1.82, 2.24) is 20.2 Å². The van der Waals surface area contributed by atoms with E-state index >= 15 is 0 Å². The molecule has 2 N–H and O–H groups in total. The smallest absolute Gasteiger partial charge is 0.328 e. The van der Waals surface area contributed by atoms with Crippen LogP contribution in [0.2, 0.25) is 0 Å². The van der Waals surface area contributed by atoms with Crippen LogP contribution in [0.5, 0.6) is 11.5 Å². The number of carbonyl (C=O) groups is 2. The molecule has 0 aliphatic carbocycles. The standard InChI is InChI=1S/C20H24N4O5S/c1-27-19(25)14(6-8-30-2)23-20(26)24-7-5-13-17(22-10-21-13)18(24)12-3-4-15-16(9-12)29-11-28-15/h3-4,9-10,14,18H,5-8,11H2,1-2H3,(H,21,22)(H,23,26)/t14-,18?/m0/s1. The van der Waals surface area contributed by atoms with E-state index in [2.05, 4.69) is 15.3 Å². The number of urea groups is 1. The third kappa shape index (κ3) is 3.91. The van der Waals surface area contributed by atoms with Gasteiger partial charge in [0.25, 0.3) is 0 Å². The molecule has 2 atom stereocenters. The second kappa shape index (κ2) is 8.86. The van der Waals surface area contributed by atoms with Gasteiger partial charge in [0.1, 0.15) is 12.1 Å². The van der Waals surface area contributed by atoms with Gasteiger partial charge < -0.3 is 29.4 Å². The molecular weight excluding hydrogens is 408 g/mol. The van der Waals surface area contributed by atoms with E-state index < -0.39 is 18.1 Å². The van der Waals surface area contributed by atoms with Gasteiger partial charge in [-0.25, -0.2) is 14.6 Å². The average molecular weight is 433 g/mol. The lowest BCUT2D eigenvalue weighted by atomic mass is 9.95. The molecule has 0 saturated carbocycles. The molecular formula is C20H24N4O5S. The normalized spacial score (nSPS) is 17.9. The van der Waals surface area contributed by atoms with Crippen LogP contribution in [0.1, 0.15) is 29.4 Å². The van der Waals surface area contributed by atoms with Crippen LogP contribution in [0.4, 0.5) is 4.79 Å². The fourth-order valence-electron chi connectivity index (χ4n) is 3.78. The largest absolute Gasteiger partial charge is 0.467 e. The van der Waals surface area contributed by atoms with Crippen LogP contribution in [-0.4, -0.2) is 65.4 Å². The van der Waals surface area contributed by atoms with Crippen molar-refractivity contribution in [2.45, 2.75) is 24.9 Å². The van der Waals surface area contributed by atoms with Gasteiger partial charge >= 0.3 is 12.0 Å². The third-order valence-corrected chi connectivity index (χ3v) is 5.94. The number of nitrogens with one attached hydrogen (secondary N) is 2. The molecule has 0 saturated heterocycles. The highest BCUT2D eigenvalue weighted by atomic mass is 32.2. The van der Waals surface area contributed by atoms with Gasteiger partial charge in [-0.05, 0) is 36.1 Å². The molecule has 0 spiro atoms. The molecule has 160 valence electrons. The molecule has 1 aromatic heterocycles. The van der Waals surface area contributed by atoms with Crippen LogP contribution in [-0.2, 0) is 16.0 Å². The van der Waals surface area contributed by atoms with Crippen molar-refractivity contribution < 1.29 is 23.8 Å². The maximum absolute atomic E-state index is 13.2. The Labute approximate surface area is 178 Å². The summed E-state index contributed by atoms with van der Waals surface area (Å²) in [7, 11) is 1.33. The summed E-state index contributed by atoms with van der Waals surface area (Å²) < 4.78 is 15.8. The average Bonchev–Trinajstić information content (AvgIpc) is 3.43. The maximum atomic E-state index is 13.2. The Morgan fingerprint density at radius 3 is 3.03 bits per heavy atom. The van der Waals surface area contributed by atoms with E-state index in [9.17, 15) is 9.59 Å². The number of hydrogen-bond acceptors (Lipinski definition) is 7. The zero-order valence-electron chi connectivity index (χ0n) is 16.8. The number of methoxy groups -OCH3 is 1. The third-order valence-electron chi connectivity index (χ3n) is 5.29. The second-order valence-corrected chi connectivity index (χ2v) is 8.02. The number of carbonyl (C=O) groups excluding carboxylic acids is 2. The number of benzene rings is 1. The second-order valence-electron chi connectivity index (χ2n) is 7.03. The Hall–Kier alpha value is -2.88. The summed E-state index contributed by atoms with van der Waals surface area (Å²) in [5.74, 6) is 1.60. The quantitative estimate of drug-likeness (QED) is 0.673. The number of aromatic nitrogens is 2. The van der Waals surface area contributed by atoms with Crippen molar-refractivity contribution in [3.63, 3.8) is 0 Å². The van der Waals surface area contributed by atoms with Crippen molar-refractivity contribution >= 4 is 23.8 Å². The first-order chi connectivity index (χ1) is 14.6. The van der Waals surface area contributed by atoms with Gasteiger partial charge in [0.2, 0.25) is 6.79 Å². The van der Waals surface area contributed by atoms with Crippen molar-refractivity contribution in [3.05, 3.63) is 41.5 Å². The number of imidazole rings is 1. The first-order valence-corrected chi connectivity index (χ1v) is 11.1. The van der Waals surface area contributed by atoms with Gasteiger partial charge in [-0.3, -0.25) is 0 Å². The number of ether oxygens (including phenoxy) is 3. The van der Waals surface area contributed by atoms with E-state index in [4.69, 9.17) is 14.2 Å². The molecule has 4 rings (SSSR count).